The van der Waals surface area contributed by atoms with E-state index in [2.05, 4.69) is 26.0 Å². The quantitative estimate of drug-likeness (QED) is 0.109. The number of nitrogens with zero attached hydrogens (tertiary/aromatic N) is 3. The van der Waals surface area contributed by atoms with Crippen molar-refractivity contribution in [3.63, 3.8) is 0 Å². The van der Waals surface area contributed by atoms with Crippen LogP contribution in [0.15, 0.2) is 84.0 Å². The van der Waals surface area contributed by atoms with Crippen molar-refractivity contribution in [3.05, 3.63) is 90.0 Å². The van der Waals surface area contributed by atoms with Crippen LogP contribution in [0, 0.1) is 0 Å². The molecule has 0 radical (unpaired) electrons. The van der Waals surface area contributed by atoms with Crippen molar-refractivity contribution in [3.8, 4) is 22.1 Å². The highest BCUT2D eigenvalue weighted by atomic mass is 32.1. The molecule has 4 rings (SSSR count). The van der Waals surface area contributed by atoms with Gasteiger partial charge in [-0.15, -0.1) is 10.2 Å². The molecule has 1 aromatic heterocycles. The smallest absolute Gasteiger partial charge is 0.343 e. The van der Waals surface area contributed by atoms with Crippen LogP contribution in [0.5, 0.6) is 11.5 Å². The van der Waals surface area contributed by atoms with E-state index in [-0.39, 0.29) is 5.13 Å². The van der Waals surface area contributed by atoms with E-state index in [1.54, 1.807) is 48.5 Å². The van der Waals surface area contributed by atoms with Gasteiger partial charge in [-0.3, -0.25) is 14.9 Å². The number of benzene rings is 3. The van der Waals surface area contributed by atoms with Crippen LogP contribution in [0.1, 0.15) is 29.3 Å². The number of hydrogen-bond donors (Lipinski definition) is 2. The summed E-state index contributed by atoms with van der Waals surface area (Å²) in [5.74, 6) is -1.36. The molecule has 1 heterocycles. The molecular weight excluding hydrogens is 506 g/mol. The van der Waals surface area contributed by atoms with E-state index in [4.69, 9.17) is 9.47 Å². The van der Waals surface area contributed by atoms with E-state index in [0.29, 0.717) is 34.2 Å². The maximum Gasteiger partial charge on any atom is 0.343 e. The highest BCUT2D eigenvalue weighted by molar-refractivity contribution is 7.18. The first-order valence-electron chi connectivity index (χ1n) is 11.6. The zero-order valence-corrected chi connectivity index (χ0v) is 21.1. The highest BCUT2D eigenvalue weighted by Crippen LogP contribution is 2.25. The summed E-state index contributed by atoms with van der Waals surface area (Å²) in [5, 5.41) is 14.9. The number of anilines is 1. The van der Waals surface area contributed by atoms with Crippen LogP contribution < -0.4 is 20.2 Å². The predicted molar refractivity (Wildman–Crippen MR) is 143 cm³/mol. The standard InChI is InChI=1S/C27H23N5O5S/c1-2-16-36-21-14-10-20(11-15-21)26(35)37-22-12-8-18(9-13-22)17-28-30-24(34)23(33)29-27-32-31-25(38-27)19-6-4-3-5-7-19/h3-15,17H,2,16H2,1H3,(H,30,34)(H,29,32,33)/b28-17-. The average Bonchev–Trinajstić information content (AvgIpc) is 3.42. The molecule has 38 heavy (non-hydrogen) atoms. The highest BCUT2D eigenvalue weighted by Gasteiger charge is 2.16. The van der Waals surface area contributed by atoms with Gasteiger partial charge in [-0.05, 0) is 60.5 Å². The monoisotopic (exact) mass is 529 g/mol. The molecule has 0 aliphatic heterocycles. The second kappa shape index (κ2) is 12.9. The van der Waals surface area contributed by atoms with E-state index in [9.17, 15) is 14.4 Å². The van der Waals surface area contributed by atoms with Gasteiger partial charge in [-0.2, -0.15) is 5.10 Å². The second-order valence-electron chi connectivity index (χ2n) is 7.76. The zero-order valence-electron chi connectivity index (χ0n) is 20.3. The summed E-state index contributed by atoms with van der Waals surface area (Å²) >= 11 is 1.15. The summed E-state index contributed by atoms with van der Waals surface area (Å²) in [7, 11) is 0. The number of amides is 2. The van der Waals surface area contributed by atoms with E-state index < -0.39 is 17.8 Å². The van der Waals surface area contributed by atoms with Crippen molar-refractivity contribution in [1.82, 2.24) is 15.6 Å². The Morgan fingerprint density at radius 1 is 0.895 bits per heavy atom. The molecule has 0 saturated carbocycles. The van der Waals surface area contributed by atoms with Crippen LogP contribution >= 0.6 is 11.3 Å². The molecule has 0 spiro atoms. The fourth-order valence-electron chi connectivity index (χ4n) is 3.04. The Morgan fingerprint density at radius 3 is 2.32 bits per heavy atom. The molecule has 0 atom stereocenters. The molecule has 192 valence electrons. The molecule has 2 amide bonds. The largest absolute Gasteiger partial charge is 0.494 e. The Labute approximate surface area is 222 Å². The summed E-state index contributed by atoms with van der Waals surface area (Å²) in [6.07, 6.45) is 2.25. The van der Waals surface area contributed by atoms with Crippen LogP contribution in [-0.2, 0) is 9.59 Å². The molecular formula is C27H23N5O5S. The number of hydrogen-bond acceptors (Lipinski definition) is 9. The Hall–Kier alpha value is -4.90. The third-order valence-electron chi connectivity index (χ3n) is 4.91. The van der Waals surface area contributed by atoms with Gasteiger partial charge in [-0.1, -0.05) is 48.6 Å². The first-order chi connectivity index (χ1) is 18.5. The number of esters is 1. The van der Waals surface area contributed by atoms with Gasteiger partial charge < -0.3 is 9.47 Å². The molecule has 10 nitrogen and oxygen atoms in total. The van der Waals surface area contributed by atoms with Gasteiger partial charge in [0.1, 0.15) is 16.5 Å². The summed E-state index contributed by atoms with van der Waals surface area (Å²) in [6, 6.07) is 22.5. The molecule has 0 fully saturated rings. The molecule has 0 aliphatic carbocycles. The lowest BCUT2D eigenvalue weighted by Crippen LogP contribution is -2.32. The minimum absolute atomic E-state index is 0.193. The van der Waals surface area contributed by atoms with Crippen molar-refractivity contribution in [2.24, 2.45) is 5.10 Å². The number of ether oxygens (including phenoxy) is 2. The molecule has 2 N–H and O–H groups in total. The van der Waals surface area contributed by atoms with Gasteiger partial charge in [0.2, 0.25) is 5.13 Å². The van der Waals surface area contributed by atoms with Crippen molar-refractivity contribution < 1.29 is 23.9 Å². The van der Waals surface area contributed by atoms with Crippen LogP contribution in [0.25, 0.3) is 10.6 Å². The number of aromatic nitrogens is 2. The SMILES string of the molecule is CCCOc1ccc(C(=O)Oc2ccc(/C=N\NC(=O)C(=O)Nc3nnc(-c4ccccc4)s3)cc2)cc1. The number of nitrogens with one attached hydrogen (secondary N) is 2. The van der Waals surface area contributed by atoms with E-state index in [1.807, 2.05) is 37.3 Å². The molecule has 0 aliphatic rings. The first-order valence-corrected chi connectivity index (χ1v) is 12.4. The number of carbonyl (C=O) groups excluding carboxylic acids is 3. The Morgan fingerprint density at radius 2 is 1.61 bits per heavy atom. The van der Waals surface area contributed by atoms with Crippen molar-refractivity contribution in [2.75, 3.05) is 11.9 Å². The van der Waals surface area contributed by atoms with Gasteiger partial charge in [0.25, 0.3) is 0 Å². The lowest BCUT2D eigenvalue weighted by molar-refractivity contribution is -0.136. The maximum absolute atomic E-state index is 12.4. The molecule has 4 aromatic rings. The van der Waals surface area contributed by atoms with E-state index in [0.717, 1.165) is 23.3 Å². The minimum Gasteiger partial charge on any atom is -0.494 e. The van der Waals surface area contributed by atoms with Crippen molar-refractivity contribution in [1.29, 1.82) is 0 Å². The molecule has 0 unspecified atom stereocenters. The van der Waals surface area contributed by atoms with Gasteiger partial charge in [0, 0.05) is 5.56 Å². The molecule has 0 saturated heterocycles. The summed E-state index contributed by atoms with van der Waals surface area (Å²) in [6.45, 7) is 2.62. The third kappa shape index (κ3) is 7.31. The maximum atomic E-state index is 12.4. The zero-order chi connectivity index (χ0) is 26.7. The predicted octanol–water partition coefficient (Wildman–Crippen LogP) is 4.30. The van der Waals surface area contributed by atoms with Crippen LogP contribution in [0.2, 0.25) is 0 Å². The number of rotatable bonds is 9. The lowest BCUT2D eigenvalue weighted by atomic mass is 10.2. The Kier molecular flexibility index (Phi) is 8.87. The summed E-state index contributed by atoms with van der Waals surface area (Å²) in [5.41, 5.74) is 4.01. The van der Waals surface area contributed by atoms with Gasteiger partial charge in [0.15, 0.2) is 0 Å². The van der Waals surface area contributed by atoms with Crippen molar-refractivity contribution in [2.45, 2.75) is 13.3 Å². The second-order valence-corrected chi connectivity index (χ2v) is 8.74. The van der Waals surface area contributed by atoms with Gasteiger partial charge >= 0.3 is 17.8 Å². The van der Waals surface area contributed by atoms with Crippen LogP contribution in [-0.4, -0.2) is 40.8 Å². The number of carbonyl (C=O) groups is 3. The molecule has 3 aromatic carbocycles. The third-order valence-corrected chi connectivity index (χ3v) is 5.79. The lowest BCUT2D eigenvalue weighted by Gasteiger charge is -2.07. The Bertz CT molecular complexity index is 1420. The minimum atomic E-state index is -0.964. The van der Waals surface area contributed by atoms with E-state index in [1.165, 1.54) is 6.21 Å². The van der Waals surface area contributed by atoms with Gasteiger partial charge in [0.05, 0.1) is 18.4 Å². The van der Waals surface area contributed by atoms with Crippen molar-refractivity contribution >= 4 is 40.5 Å². The first kappa shape index (κ1) is 26.2. The molecule has 0 bridgehead atoms. The Balaban J connectivity index is 1.24. The topological polar surface area (TPSA) is 132 Å². The molecule has 11 heteroatoms. The fraction of sp³-hybridized carbons (Fsp3) is 0.111. The fourth-order valence-corrected chi connectivity index (χ4v) is 3.78. The van der Waals surface area contributed by atoms with E-state index >= 15 is 0 Å². The van der Waals surface area contributed by atoms with Crippen LogP contribution in [0.4, 0.5) is 5.13 Å². The number of hydrazone groups is 1. The van der Waals surface area contributed by atoms with Crippen LogP contribution in [0.3, 0.4) is 0 Å². The van der Waals surface area contributed by atoms with Gasteiger partial charge in [-0.25, -0.2) is 10.2 Å². The normalized spacial score (nSPS) is 10.7. The average molecular weight is 530 g/mol. The summed E-state index contributed by atoms with van der Waals surface area (Å²) in [4.78, 5) is 36.5. The summed E-state index contributed by atoms with van der Waals surface area (Å²) < 4.78 is 10.9.